The normalized spacial score (nSPS) is 13.6. The second kappa shape index (κ2) is 6.29. The van der Waals surface area contributed by atoms with Gasteiger partial charge in [-0.15, -0.1) is 0 Å². The maximum absolute atomic E-state index is 12.8. The van der Waals surface area contributed by atoms with Gasteiger partial charge in [0.1, 0.15) is 0 Å². The molecule has 132 valence electrons. The van der Waals surface area contributed by atoms with E-state index in [9.17, 15) is 9.59 Å². The van der Waals surface area contributed by atoms with E-state index in [1.54, 1.807) is 16.7 Å². The Labute approximate surface area is 151 Å². The lowest BCUT2D eigenvalue weighted by atomic mass is 10.1. The molecular formula is C20H20N4O2. The first-order chi connectivity index (χ1) is 12.5. The highest BCUT2D eigenvalue weighted by Gasteiger charge is 2.27. The van der Waals surface area contributed by atoms with Crippen molar-refractivity contribution in [3.8, 4) is 0 Å². The maximum Gasteiger partial charge on any atom is 0.292 e. The molecule has 0 aliphatic heterocycles. The van der Waals surface area contributed by atoms with Crippen molar-refractivity contribution in [1.82, 2.24) is 14.7 Å². The average molecular weight is 348 g/mol. The summed E-state index contributed by atoms with van der Waals surface area (Å²) in [6.07, 6.45) is 3.74. The number of aryl methyl sites for hydroxylation is 2. The van der Waals surface area contributed by atoms with Gasteiger partial charge in [0, 0.05) is 17.9 Å². The Morgan fingerprint density at radius 1 is 1.08 bits per heavy atom. The highest BCUT2D eigenvalue weighted by atomic mass is 16.2. The van der Waals surface area contributed by atoms with Gasteiger partial charge in [0.2, 0.25) is 5.82 Å². The molecule has 1 fully saturated rings. The zero-order chi connectivity index (χ0) is 18.3. The van der Waals surface area contributed by atoms with E-state index in [2.05, 4.69) is 15.6 Å². The summed E-state index contributed by atoms with van der Waals surface area (Å²) in [5.41, 5.74) is 3.86. The third-order valence-electron chi connectivity index (χ3n) is 4.64. The monoisotopic (exact) mass is 348 g/mol. The Morgan fingerprint density at radius 3 is 2.62 bits per heavy atom. The Bertz CT molecular complexity index is 1020. The van der Waals surface area contributed by atoms with Gasteiger partial charge >= 0.3 is 0 Å². The number of hydrogen-bond donors (Lipinski definition) is 2. The Hall–Kier alpha value is -3.15. The highest BCUT2D eigenvalue weighted by molar-refractivity contribution is 6.06. The number of imidazole rings is 1. The van der Waals surface area contributed by atoms with Crippen molar-refractivity contribution in [3.05, 3.63) is 65.2 Å². The van der Waals surface area contributed by atoms with Gasteiger partial charge in [0.05, 0.1) is 5.52 Å². The second-order valence-electron chi connectivity index (χ2n) is 6.74. The number of rotatable bonds is 4. The van der Waals surface area contributed by atoms with E-state index in [1.165, 1.54) is 0 Å². The van der Waals surface area contributed by atoms with Crippen LogP contribution in [0.2, 0.25) is 0 Å². The molecule has 0 spiro atoms. The highest BCUT2D eigenvalue weighted by Crippen LogP contribution is 2.21. The lowest BCUT2D eigenvalue weighted by Gasteiger charge is -2.07. The van der Waals surface area contributed by atoms with E-state index in [0.29, 0.717) is 11.2 Å². The predicted octanol–water partition coefficient (Wildman–Crippen LogP) is 3.10. The van der Waals surface area contributed by atoms with Crippen LogP contribution in [-0.4, -0.2) is 27.2 Å². The number of nitrogens with one attached hydrogen (secondary N) is 2. The van der Waals surface area contributed by atoms with E-state index in [4.69, 9.17) is 0 Å². The summed E-state index contributed by atoms with van der Waals surface area (Å²) in [4.78, 5) is 29.6. The van der Waals surface area contributed by atoms with Crippen LogP contribution in [0.25, 0.3) is 5.52 Å². The summed E-state index contributed by atoms with van der Waals surface area (Å²) in [6.45, 7) is 4.02. The van der Waals surface area contributed by atoms with Crippen LogP contribution < -0.4 is 10.6 Å². The molecule has 1 aromatic carbocycles. The number of nitrogens with zero attached hydrogens (tertiary/aromatic N) is 2. The molecule has 0 radical (unpaired) electrons. The van der Waals surface area contributed by atoms with E-state index < -0.39 is 0 Å². The predicted molar refractivity (Wildman–Crippen MR) is 99.5 cm³/mol. The zero-order valence-electron chi connectivity index (χ0n) is 14.7. The number of carbonyl (C=O) groups excluding carboxylic acids is 2. The summed E-state index contributed by atoms with van der Waals surface area (Å²) in [7, 11) is 0. The molecule has 0 atom stereocenters. The van der Waals surface area contributed by atoms with Gasteiger partial charge in [-0.25, -0.2) is 4.98 Å². The van der Waals surface area contributed by atoms with Crippen LogP contribution in [0.3, 0.4) is 0 Å². The summed E-state index contributed by atoms with van der Waals surface area (Å²) >= 11 is 0. The van der Waals surface area contributed by atoms with Gasteiger partial charge in [0.15, 0.2) is 5.69 Å². The molecule has 6 heteroatoms. The van der Waals surface area contributed by atoms with Crippen LogP contribution in [-0.2, 0) is 0 Å². The van der Waals surface area contributed by atoms with Crippen LogP contribution in [0.4, 0.5) is 5.69 Å². The minimum atomic E-state index is -0.347. The van der Waals surface area contributed by atoms with Crippen molar-refractivity contribution in [2.75, 3.05) is 5.32 Å². The molecule has 3 aromatic rings. The van der Waals surface area contributed by atoms with Crippen molar-refractivity contribution in [2.45, 2.75) is 32.7 Å². The number of fused-ring (bicyclic) bond motifs is 1. The minimum Gasteiger partial charge on any atom is -0.348 e. The molecule has 2 aromatic heterocycles. The van der Waals surface area contributed by atoms with Gasteiger partial charge < -0.3 is 10.6 Å². The lowest BCUT2D eigenvalue weighted by molar-refractivity contribution is 0.0948. The third kappa shape index (κ3) is 3.06. The van der Waals surface area contributed by atoms with Crippen molar-refractivity contribution in [2.24, 2.45) is 0 Å². The number of hydrogen-bond acceptors (Lipinski definition) is 3. The number of aromatic nitrogens is 2. The summed E-state index contributed by atoms with van der Waals surface area (Å²) in [5, 5.41) is 5.80. The minimum absolute atomic E-state index is 0.194. The fourth-order valence-electron chi connectivity index (χ4n) is 2.85. The molecule has 2 amide bonds. The topological polar surface area (TPSA) is 75.5 Å². The quantitative estimate of drug-likeness (QED) is 0.761. The summed E-state index contributed by atoms with van der Waals surface area (Å²) < 4.78 is 1.65. The van der Waals surface area contributed by atoms with Gasteiger partial charge in [0.25, 0.3) is 11.8 Å². The molecular weight excluding hydrogens is 328 g/mol. The molecule has 2 heterocycles. The number of anilines is 1. The molecule has 0 saturated heterocycles. The number of pyridine rings is 1. The zero-order valence-corrected chi connectivity index (χ0v) is 14.7. The van der Waals surface area contributed by atoms with Crippen LogP contribution in [0.1, 0.15) is 45.1 Å². The van der Waals surface area contributed by atoms with E-state index in [0.717, 1.165) is 24.0 Å². The molecule has 26 heavy (non-hydrogen) atoms. The molecule has 1 aliphatic carbocycles. The van der Waals surface area contributed by atoms with E-state index in [-0.39, 0.29) is 29.4 Å². The Balaban J connectivity index is 1.67. The first-order valence-corrected chi connectivity index (χ1v) is 8.69. The van der Waals surface area contributed by atoms with Crippen LogP contribution in [0.15, 0.2) is 42.6 Å². The number of amides is 2. The molecule has 4 rings (SSSR count). The van der Waals surface area contributed by atoms with Crippen molar-refractivity contribution < 1.29 is 9.59 Å². The van der Waals surface area contributed by atoms with Crippen LogP contribution in [0.5, 0.6) is 0 Å². The molecule has 1 saturated carbocycles. The molecule has 0 unspecified atom stereocenters. The molecule has 6 nitrogen and oxygen atoms in total. The molecule has 0 bridgehead atoms. The third-order valence-corrected chi connectivity index (χ3v) is 4.64. The largest absolute Gasteiger partial charge is 0.348 e. The van der Waals surface area contributed by atoms with E-state index in [1.807, 2.05) is 44.2 Å². The van der Waals surface area contributed by atoms with Gasteiger partial charge in [-0.2, -0.15) is 0 Å². The van der Waals surface area contributed by atoms with Crippen LogP contribution in [0, 0.1) is 13.8 Å². The maximum atomic E-state index is 12.8. The number of benzene rings is 1. The van der Waals surface area contributed by atoms with E-state index >= 15 is 0 Å². The standard InChI is InChI=1S/C20H20N4O2/c1-12-6-7-15(11-13(12)2)22-20(26)18-23-17(19(25)21-14-8-9-14)16-5-3-4-10-24(16)18/h3-7,10-11,14H,8-9H2,1-2H3,(H,21,25)(H,22,26). The smallest absolute Gasteiger partial charge is 0.292 e. The Morgan fingerprint density at radius 2 is 1.88 bits per heavy atom. The van der Waals surface area contributed by atoms with Gasteiger partial charge in [-0.1, -0.05) is 12.1 Å². The number of carbonyl (C=O) groups is 2. The lowest BCUT2D eigenvalue weighted by Crippen LogP contribution is -2.26. The first-order valence-electron chi connectivity index (χ1n) is 8.69. The second-order valence-corrected chi connectivity index (χ2v) is 6.74. The average Bonchev–Trinajstić information content (AvgIpc) is 3.34. The molecule has 1 aliphatic rings. The van der Waals surface area contributed by atoms with Gasteiger partial charge in [-0.05, 0) is 62.1 Å². The van der Waals surface area contributed by atoms with Gasteiger partial charge in [-0.3, -0.25) is 14.0 Å². The summed E-state index contributed by atoms with van der Waals surface area (Å²) in [6, 6.07) is 11.4. The summed E-state index contributed by atoms with van der Waals surface area (Å²) in [5.74, 6) is -0.388. The van der Waals surface area contributed by atoms with Crippen molar-refractivity contribution in [1.29, 1.82) is 0 Å². The fraction of sp³-hybridized carbons (Fsp3) is 0.250. The van der Waals surface area contributed by atoms with Crippen molar-refractivity contribution >= 4 is 23.0 Å². The van der Waals surface area contributed by atoms with Crippen LogP contribution >= 0.6 is 0 Å². The Kier molecular flexibility index (Phi) is 3.95. The molecule has 2 N–H and O–H groups in total. The van der Waals surface area contributed by atoms with Crippen molar-refractivity contribution in [3.63, 3.8) is 0 Å². The SMILES string of the molecule is Cc1ccc(NC(=O)c2nc(C(=O)NC3CC3)c3ccccn23)cc1C. The fourth-order valence-corrected chi connectivity index (χ4v) is 2.85. The first kappa shape index (κ1) is 16.3.